The molecule has 1 N–H and O–H groups in total. The lowest BCUT2D eigenvalue weighted by Crippen LogP contribution is -2.53. The molecule has 0 bridgehead atoms. The number of nitrogens with one attached hydrogen (secondary N) is 1. The summed E-state index contributed by atoms with van der Waals surface area (Å²) in [5.41, 5.74) is 0.872. The van der Waals surface area contributed by atoms with Gasteiger partial charge in [-0.25, -0.2) is 13.2 Å². The van der Waals surface area contributed by atoms with Crippen molar-refractivity contribution in [2.45, 2.75) is 44.3 Å². The number of rotatable bonds is 8. The third-order valence-corrected chi connectivity index (χ3v) is 9.84. The van der Waals surface area contributed by atoms with Gasteiger partial charge in [-0.15, -0.1) is 0 Å². The number of thiophene rings is 1. The number of likely N-dealkylation sites (tertiary alicyclic amines) is 1. The third-order valence-electron chi connectivity index (χ3n) is 7.10. The van der Waals surface area contributed by atoms with Crippen LogP contribution in [-0.4, -0.2) is 76.7 Å². The van der Waals surface area contributed by atoms with Gasteiger partial charge in [-0.2, -0.15) is 4.31 Å². The first-order valence-electron chi connectivity index (χ1n) is 13.1. The number of sulfonamides is 1. The Morgan fingerprint density at radius 3 is 2.61 bits per heavy atom. The molecule has 214 valence electrons. The lowest BCUT2D eigenvalue weighted by atomic mass is 10.1. The first-order chi connectivity index (χ1) is 19.7. The van der Waals surface area contributed by atoms with Crippen molar-refractivity contribution in [2.24, 2.45) is 0 Å². The molecule has 1 aromatic carbocycles. The SMILES string of the molecule is CCCC(NC(=O)Oc1ccc(-c2ccccc2)s1)C(=O)N1CCC2C1C(=O)CN2S(=O)(=O)C(=O)c1cccnc1. The molecule has 11 nitrogen and oxygen atoms in total. The minimum Gasteiger partial charge on any atom is -0.399 e. The summed E-state index contributed by atoms with van der Waals surface area (Å²) in [5, 5.41) is 1.82. The van der Waals surface area contributed by atoms with E-state index in [-0.39, 0.29) is 24.9 Å². The van der Waals surface area contributed by atoms with E-state index in [4.69, 9.17) is 4.74 Å². The molecule has 0 aliphatic carbocycles. The topological polar surface area (TPSA) is 143 Å². The summed E-state index contributed by atoms with van der Waals surface area (Å²) in [6, 6.07) is 13.0. The highest BCUT2D eigenvalue weighted by molar-refractivity contribution is 8.04. The Labute approximate surface area is 241 Å². The molecule has 2 fully saturated rings. The van der Waals surface area contributed by atoms with Gasteiger partial charge in [0, 0.05) is 23.8 Å². The molecular formula is C28H28N4O7S2. The third kappa shape index (κ3) is 5.78. The molecule has 0 radical (unpaired) electrons. The normalized spacial score (nSPS) is 19.5. The first kappa shape index (κ1) is 28.6. The molecular weight excluding hydrogens is 568 g/mol. The zero-order valence-electron chi connectivity index (χ0n) is 22.1. The molecule has 2 saturated heterocycles. The summed E-state index contributed by atoms with van der Waals surface area (Å²) in [7, 11) is -4.52. The lowest BCUT2D eigenvalue weighted by Gasteiger charge is -2.27. The number of ketones is 1. The van der Waals surface area contributed by atoms with Gasteiger partial charge in [0.15, 0.2) is 10.8 Å². The number of pyridine rings is 1. The minimum absolute atomic E-state index is 0.106. The van der Waals surface area contributed by atoms with Gasteiger partial charge in [0.1, 0.15) is 12.1 Å². The number of Topliss-reactive ketones (excluding diaryl/α,β-unsaturated/α-hetero) is 1. The van der Waals surface area contributed by atoms with E-state index in [2.05, 4.69) is 10.3 Å². The molecule has 0 saturated carbocycles. The Bertz CT molecular complexity index is 1560. The van der Waals surface area contributed by atoms with Crippen molar-refractivity contribution < 1.29 is 32.3 Å². The summed E-state index contributed by atoms with van der Waals surface area (Å²) >= 11 is 1.29. The van der Waals surface area contributed by atoms with Gasteiger partial charge in [-0.3, -0.25) is 19.4 Å². The van der Waals surface area contributed by atoms with E-state index in [0.29, 0.717) is 11.5 Å². The Kier molecular flexibility index (Phi) is 8.29. The zero-order chi connectivity index (χ0) is 29.1. The van der Waals surface area contributed by atoms with Crippen LogP contribution in [0.25, 0.3) is 10.4 Å². The zero-order valence-corrected chi connectivity index (χ0v) is 23.8. The van der Waals surface area contributed by atoms with E-state index in [9.17, 15) is 27.6 Å². The van der Waals surface area contributed by atoms with Crippen LogP contribution in [0.2, 0.25) is 0 Å². The molecule has 2 aliphatic rings. The molecule has 2 aliphatic heterocycles. The van der Waals surface area contributed by atoms with Gasteiger partial charge in [-0.05, 0) is 42.7 Å². The van der Waals surface area contributed by atoms with Crippen LogP contribution in [0.15, 0.2) is 67.0 Å². The maximum Gasteiger partial charge on any atom is 0.414 e. The molecule has 4 heterocycles. The predicted octanol–water partition coefficient (Wildman–Crippen LogP) is 3.09. The molecule has 5 rings (SSSR count). The fourth-order valence-corrected chi connectivity index (χ4v) is 7.59. The standard InChI is InChI=1S/C28H28N4O7S2/c1-2-7-20(30-28(36)39-24-12-11-23(40-24)18-8-4-3-5-9-18)26(34)31-15-13-21-25(31)22(33)17-32(21)41(37,38)27(35)19-10-6-14-29-16-19/h3-6,8-12,14,16,20-21,25H,2,7,13,15,17H2,1H3,(H,30,36). The number of ether oxygens (including phenoxy) is 1. The van der Waals surface area contributed by atoms with Crippen LogP contribution < -0.4 is 10.1 Å². The molecule has 0 spiro atoms. The van der Waals surface area contributed by atoms with Crippen LogP contribution in [0, 0.1) is 0 Å². The van der Waals surface area contributed by atoms with Gasteiger partial charge in [0.2, 0.25) is 5.91 Å². The highest BCUT2D eigenvalue weighted by Crippen LogP contribution is 2.34. The van der Waals surface area contributed by atoms with Crippen LogP contribution >= 0.6 is 11.3 Å². The number of nitrogens with zero attached hydrogens (tertiary/aromatic N) is 3. The summed E-state index contributed by atoms with van der Waals surface area (Å²) in [6.07, 6.45) is 2.79. The Balaban J connectivity index is 1.26. The average molecular weight is 597 g/mol. The number of amides is 2. The first-order valence-corrected chi connectivity index (χ1v) is 15.4. The van der Waals surface area contributed by atoms with E-state index in [1.54, 1.807) is 6.07 Å². The van der Waals surface area contributed by atoms with Crippen LogP contribution in [0.5, 0.6) is 5.06 Å². The van der Waals surface area contributed by atoms with Gasteiger partial charge >= 0.3 is 6.09 Å². The summed E-state index contributed by atoms with van der Waals surface area (Å²) in [6.45, 7) is 1.45. The quantitative estimate of drug-likeness (QED) is 0.418. The van der Waals surface area contributed by atoms with Crippen molar-refractivity contribution in [2.75, 3.05) is 13.1 Å². The van der Waals surface area contributed by atoms with Crippen molar-refractivity contribution in [3.05, 3.63) is 72.6 Å². The van der Waals surface area contributed by atoms with Crippen molar-refractivity contribution >= 4 is 44.3 Å². The second-order valence-electron chi connectivity index (χ2n) is 9.74. The number of hydrogen-bond acceptors (Lipinski definition) is 9. The molecule has 13 heteroatoms. The predicted molar refractivity (Wildman–Crippen MR) is 151 cm³/mol. The van der Waals surface area contributed by atoms with Crippen molar-refractivity contribution in [1.82, 2.24) is 19.5 Å². The Morgan fingerprint density at radius 2 is 1.90 bits per heavy atom. The summed E-state index contributed by atoms with van der Waals surface area (Å²) in [5.74, 6) is -0.980. The molecule has 3 atom stereocenters. The maximum atomic E-state index is 13.6. The summed E-state index contributed by atoms with van der Waals surface area (Å²) in [4.78, 5) is 58.2. The number of carbonyl (C=O) groups is 4. The fraction of sp³-hybridized carbons (Fsp3) is 0.321. The second kappa shape index (κ2) is 11.9. The average Bonchev–Trinajstić information content (AvgIpc) is 3.70. The highest BCUT2D eigenvalue weighted by atomic mass is 32.2. The van der Waals surface area contributed by atoms with Gasteiger partial charge in [-0.1, -0.05) is 55.0 Å². The van der Waals surface area contributed by atoms with E-state index in [1.807, 2.05) is 43.3 Å². The molecule has 3 unspecified atom stereocenters. The fourth-order valence-electron chi connectivity index (χ4n) is 5.22. The van der Waals surface area contributed by atoms with Gasteiger partial charge < -0.3 is 15.0 Å². The molecule has 2 amide bonds. The largest absolute Gasteiger partial charge is 0.414 e. The van der Waals surface area contributed by atoms with Crippen LogP contribution in [0.3, 0.4) is 0 Å². The lowest BCUT2D eigenvalue weighted by molar-refractivity contribution is -0.138. The molecule has 3 aromatic rings. The van der Waals surface area contributed by atoms with Gasteiger partial charge in [0.05, 0.1) is 18.2 Å². The van der Waals surface area contributed by atoms with E-state index in [1.165, 1.54) is 34.6 Å². The summed E-state index contributed by atoms with van der Waals surface area (Å²) < 4.78 is 32.7. The van der Waals surface area contributed by atoms with E-state index >= 15 is 0 Å². The molecule has 2 aromatic heterocycles. The Morgan fingerprint density at radius 1 is 1.12 bits per heavy atom. The van der Waals surface area contributed by atoms with Crippen LogP contribution in [-0.2, 0) is 19.6 Å². The number of fused-ring (bicyclic) bond motifs is 1. The maximum absolute atomic E-state index is 13.6. The van der Waals surface area contributed by atoms with Crippen molar-refractivity contribution in [1.29, 1.82) is 0 Å². The number of aromatic nitrogens is 1. The van der Waals surface area contributed by atoms with Crippen LogP contribution in [0.1, 0.15) is 36.5 Å². The van der Waals surface area contributed by atoms with E-state index in [0.717, 1.165) is 20.9 Å². The number of hydrogen-bond donors (Lipinski definition) is 1. The van der Waals surface area contributed by atoms with Crippen molar-refractivity contribution in [3.63, 3.8) is 0 Å². The van der Waals surface area contributed by atoms with E-state index < -0.39 is 57.6 Å². The number of benzene rings is 1. The van der Waals surface area contributed by atoms with Gasteiger partial charge in [0.25, 0.3) is 15.1 Å². The van der Waals surface area contributed by atoms with Crippen molar-refractivity contribution in [3.8, 4) is 15.5 Å². The smallest absolute Gasteiger partial charge is 0.399 e. The Hall–Kier alpha value is -3.94. The minimum atomic E-state index is -4.52. The number of carbonyl (C=O) groups excluding carboxylic acids is 4. The monoisotopic (exact) mass is 596 g/mol. The van der Waals surface area contributed by atoms with Crippen LogP contribution in [0.4, 0.5) is 4.79 Å². The molecule has 41 heavy (non-hydrogen) atoms. The second-order valence-corrected chi connectivity index (χ2v) is 12.6. The highest BCUT2D eigenvalue weighted by Gasteiger charge is 2.55.